The highest BCUT2D eigenvalue weighted by Gasteiger charge is 2.25. The molecule has 0 fully saturated rings. The highest BCUT2D eigenvalue weighted by molar-refractivity contribution is 5.20. The second-order valence-electron chi connectivity index (χ2n) is 6.64. The third-order valence-corrected chi connectivity index (χ3v) is 4.11. The average Bonchev–Trinajstić information content (AvgIpc) is 3.02. The standard InChI is InChI=1S/C20H24N4O/c1-20(21,14-16-8-4-3-5-9-16)15-25-19(17-10-6-7-12-22-17)18-11-13-23-24(18)2/h3-13,19H,14-15,21H2,1-2H3. The lowest BCUT2D eigenvalue weighted by Crippen LogP contribution is -2.44. The normalized spacial score (nSPS) is 14.8. The molecule has 0 saturated carbocycles. The van der Waals surface area contributed by atoms with Crippen LogP contribution in [0.25, 0.3) is 0 Å². The Kier molecular flexibility index (Phi) is 5.26. The van der Waals surface area contributed by atoms with Gasteiger partial charge in [0.25, 0.3) is 0 Å². The number of ether oxygens (including phenoxy) is 1. The van der Waals surface area contributed by atoms with E-state index in [4.69, 9.17) is 10.5 Å². The SMILES string of the molecule is Cn1nccc1C(OCC(C)(N)Cc1ccccc1)c1ccccn1. The van der Waals surface area contributed by atoms with Crippen molar-refractivity contribution in [1.29, 1.82) is 0 Å². The molecular weight excluding hydrogens is 312 g/mol. The summed E-state index contributed by atoms with van der Waals surface area (Å²) >= 11 is 0. The highest BCUT2D eigenvalue weighted by atomic mass is 16.5. The molecule has 2 N–H and O–H groups in total. The van der Waals surface area contributed by atoms with Crippen molar-refractivity contribution in [3.05, 3.63) is 83.9 Å². The van der Waals surface area contributed by atoms with Crippen molar-refractivity contribution in [2.75, 3.05) is 6.61 Å². The maximum atomic E-state index is 6.50. The second kappa shape index (κ2) is 7.59. The second-order valence-corrected chi connectivity index (χ2v) is 6.64. The number of hydrogen-bond acceptors (Lipinski definition) is 4. The number of nitrogens with zero attached hydrogens (tertiary/aromatic N) is 3. The van der Waals surface area contributed by atoms with Crippen LogP contribution in [0.3, 0.4) is 0 Å². The van der Waals surface area contributed by atoms with Gasteiger partial charge in [0.2, 0.25) is 0 Å². The highest BCUT2D eigenvalue weighted by Crippen LogP contribution is 2.25. The molecular formula is C20H24N4O. The van der Waals surface area contributed by atoms with Gasteiger partial charge >= 0.3 is 0 Å². The molecule has 3 aromatic rings. The molecule has 3 rings (SSSR count). The van der Waals surface area contributed by atoms with E-state index in [1.54, 1.807) is 12.4 Å². The average molecular weight is 336 g/mol. The van der Waals surface area contributed by atoms with Crippen molar-refractivity contribution in [2.45, 2.75) is 25.0 Å². The summed E-state index contributed by atoms with van der Waals surface area (Å²) in [6.07, 6.45) is 3.98. The Morgan fingerprint density at radius 1 is 1.08 bits per heavy atom. The van der Waals surface area contributed by atoms with Gasteiger partial charge in [-0.15, -0.1) is 0 Å². The summed E-state index contributed by atoms with van der Waals surface area (Å²) < 4.78 is 8.05. The topological polar surface area (TPSA) is 66.0 Å². The van der Waals surface area contributed by atoms with E-state index >= 15 is 0 Å². The zero-order valence-electron chi connectivity index (χ0n) is 14.7. The molecule has 0 aliphatic rings. The van der Waals surface area contributed by atoms with E-state index in [-0.39, 0.29) is 6.10 Å². The van der Waals surface area contributed by atoms with Crippen LogP contribution in [0.2, 0.25) is 0 Å². The molecule has 5 heteroatoms. The van der Waals surface area contributed by atoms with Crippen molar-refractivity contribution in [3.8, 4) is 0 Å². The Hall–Kier alpha value is -2.50. The largest absolute Gasteiger partial charge is 0.364 e. The van der Waals surface area contributed by atoms with Crippen molar-refractivity contribution in [1.82, 2.24) is 14.8 Å². The van der Waals surface area contributed by atoms with Gasteiger partial charge < -0.3 is 10.5 Å². The van der Waals surface area contributed by atoms with Gasteiger partial charge in [-0.1, -0.05) is 36.4 Å². The number of nitrogens with two attached hydrogens (primary N) is 1. The number of aryl methyl sites for hydroxylation is 1. The first-order valence-electron chi connectivity index (χ1n) is 8.38. The van der Waals surface area contributed by atoms with Gasteiger partial charge in [0.15, 0.2) is 0 Å². The van der Waals surface area contributed by atoms with Crippen LogP contribution in [0.5, 0.6) is 0 Å². The van der Waals surface area contributed by atoms with Gasteiger partial charge in [0.1, 0.15) is 6.10 Å². The fourth-order valence-corrected chi connectivity index (χ4v) is 2.88. The maximum Gasteiger partial charge on any atom is 0.141 e. The molecule has 130 valence electrons. The summed E-state index contributed by atoms with van der Waals surface area (Å²) in [7, 11) is 1.90. The molecule has 2 unspecified atom stereocenters. The van der Waals surface area contributed by atoms with Gasteiger partial charge in [-0.2, -0.15) is 5.10 Å². The molecule has 2 atom stereocenters. The van der Waals surface area contributed by atoms with Crippen LogP contribution >= 0.6 is 0 Å². The van der Waals surface area contributed by atoms with Crippen LogP contribution in [0.4, 0.5) is 0 Å². The van der Waals surface area contributed by atoms with Crippen molar-refractivity contribution >= 4 is 0 Å². The van der Waals surface area contributed by atoms with Crippen molar-refractivity contribution in [2.24, 2.45) is 12.8 Å². The first kappa shape index (κ1) is 17.3. The third-order valence-electron chi connectivity index (χ3n) is 4.11. The van der Waals surface area contributed by atoms with E-state index in [0.717, 1.165) is 17.8 Å². The van der Waals surface area contributed by atoms with Crippen LogP contribution in [-0.4, -0.2) is 26.9 Å². The molecule has 0 radical (unpaired) electrons. The summed E-state index contributed by atoms with van der Waals surface area (Å²) in [6, 6.07) is 18.0. The quantitative estimate of drug-likeness (QED) is 0.720. The summed E-state index contributed by atoms with van der Waals surface area (Å²) in [5.41, 5.74) is 9.02. The van der Waals surface area contributed by atoms with E-state index in [1.807, 2.05) is 61.1 Å². The van der Waals surface area contributed by atoms with Gasteiger partial charge in [-0.3, -0.25) is 9.67 Å². The summed E-state index contributed by atoms with van der Waals surface area (Å²) in [5.74, 6) is 0. The minimum absolute atomic E-state index is 0.299. The van der Waals surface area contributed by atoms with Gasteiger partial charge in [0, 0.05) is 25.0 Å². The van der Waals surface area contributed by atoms with Crippen LogP contribution in [0.1, 0.15) is 30.0 Å². The summed E-state index contributed by atoms with van der Waals surface area (Å²) in [5, 5.41) is 4.25. The Morgan fingerprint density at radius 2 is 1.84 bits per heavy atom. The molecule has 0 aliphatic carbocycles. The predicted molar refractivity (Wildman–Crippen MR) is 98.0 cm³/mol. The monoisotopic (exact) mass is 336 g/mol. The Labute approximate surface area is 148 Å². The fourth-order valence-electron chi connectivity index (χ4n) is 2.88. The Balaban J connectivity index is 1.76. The van der Waals surface area contributed by atoms with E-state index in [2.05, 4.69) is 22.2 Å². The predicted octanol–water partition coefficient (Wildman–Crippen LogP) is 2.88. The first-order chi connectivity index (χ1) is 12.1. The van der Waals surface area contributed by atoms with Gasteiger partial charge in [0.05, 0.1) is 18.0 Å². The molecule has 5 nitrogen and oxygen atoms in total. The number of aromatic nitrogens is 3. The van der Waals surface area contributed by atoms with Crippen LogP contribution in [-0.2, 0) is 18.2 Å². The molecule has 2 heterocycles. The van der Waals surface area contributed by atoms with E-state index < -0.39 is 5.54 Å². The van der Waals surface area contributed by atoms with Crippen molar-refractivity contribution < 1.29 is 4.74 Å². The molecule has 1 aromatic carbocycles. The molecule has 0 saturated heterocycles. The number of rotatable bonds is 7. The lowest BCUT2D eigenvalue weighted by molar-refractivity contribution is 0.0390. The minimum atomic E-state index is -0.479. The number of benzene rings is 1. The molecule has 2 aromatic heterocycles. The number of pyridine rings is 1. The van der Waals surface area contributed by atoms with E-state index in [1.165, 1.54) is 5.56 Å². The van der Waals surface area contributed by atoms with E-state index in [0.29, 0.717) is 6.61 Å². The van der Waals surface area contributed by atoms with Crippen LogP contribution in [0.15, 0.2) is 67.0 Å². The summed E-state index contributed by atoms with van der Waals surface area (Å²) in [6.45, 7) is 2.42. The lowest BCUT2D eigenvalue weighted by Gasteiger charge is -2.28. The molecule has 25 heavy (non-hydrogen) atoms. The smallest absolute Gasteiger partial charge is 0.141 e. The lowest BCUT2D eigenvalue weighted by atomic mass is 9.95. The van der Waals surface area contributed by atoms with Crippen molar-refractivity contribution in [3.63, 3.8) is 0 Å². The minimum Gasteiger partial charge on any atom is -0.364 e. The van der Waals surface area contributed by atoms with E-state index in [9.17, 15) is 0 Å². The molecule has 0 spiro atoms. The summed E-state index contributed by atoms with van der Waals surface area (Å²) in [4.78, 5) is 4.45. The molecule has 0 amide bonds. The van der Waals surface area contributed by atoms with Gasteiger partial charge in [-0.05, 0) is 37.1 Å². The van der Waals surface area contributed by atoms with Gasteiger partial charge in [-0.25, -0.2) is 0 Å². The molecule has 0 bridgehead atoms. The molecule has 0 aliphatic heterocycles. The Morgan fingerprint density at radius 3 is 2.48 bits per heavy atom. The third kappa shape index (κ3) is 4.53. The first-order valence-corrected chi connectivity index (χ1v) is 8.38. The zero-order valence-corrected chi connectivity index (χ0v) is 14.7. The fraction of sp³-hybridized carbons (Fsp3) is 0.300. The van der Waals surface area contributed by atoms with Crippen LogP contribution < -0.4 is 5.73 Å². The van der Waals surface area contributed by atoms with Crippen LogP contribution in [0, 0.1) is 0 Å². The Bertz CT molecular complexity index is 784. The maximum absolute atomic E-state index is 6.50. The zero-order chi connectivity index (χ0) is 17.7. The number of hydrogen-bond donors (Lipinski definition) is 1.